The number of phenolic OH excluding ortho intramolecular Hbond substituents is 1. The van der Waals surface area contributed by atoms with Gasteiger partial charge >= 0.3 is 0 Å². The summed E-state index contributed by atoms with van der Waals surface area (Å²) in [6, 6.07) is 18.3. The molecule has 0 unspecified atom stereocenters. The van der Waals surface area contributed by atoms with Gasteiger partial charge in [0.2, 0.25) is 17.7 Å². The topological polar surface area (TPSA) is 403 Å². The lowest BCUT2D eigenvalue weighted by atomic mass is 9.90. The van der Waals surface area contributed by atoms with Gasteiger partial charge in [0, 0.05) is 69.3 Å². The van der Waals surface area contributed by atoms with Crippen molar-refractivity contribution in [2.24, 2.45) is 10.2 Å². The van der Waals surface area contributed by atoms with Crippen molar-refractivity contribution in [1.29, 1.82) is 0 Å². The second-order valence-electron chi connectivity index (χ2n) is 28.9. The number of nitrogens with zero attached hydrogens (tertiary/aromatic N) is 3. The third kappa shape index (κ3) is 64.7. The van der Waals surface area contributed by atoms with Gasteiger partial charge in [-0.2, -0.15) is 10.2 Å². The Morgan fingerprint density at radius 3 is 0.906 bits per heavy atom. The molecule has 1 aliphatic heterocycles. The molecule has 0 spiro atoms. The van der Waals surface area contributed by atoms with Gasteiger partial charge in [-0.05, 0) is 89.4 Å². The number of nitrogens with one attached hydrogen (secondary N) is 4. The normalized spacial score (nSPS) is 12.2. The average Bonchev–Trinajstić information content (AvgIpc) is 1.08. The van der Waals surface area contributed by atoms with Gasteiger partial charge in [0.05, 0.1) is 329 Å². The molecular formula is C91H149N7O30. The van der Waals surface area contributed by atoms with Gasteiger partial charge in [-0.1, -0.05) is 58.5 Å². The minimum atomic E-state index is -0.278. The summed E-state index contributed by atoms with van der Waals surface area (Å²) in [7, 11) is 0. The highest BCUT2D eigenvalue weighted by Crippen LogP contribution is 2.35. The largest absolute Gasteiger partial charge is 0.507 e. The zero-order valence-corrected chi connectivity index (χ0v) is 76.4. The second kappa shape index (κ2) is 81.9. The fourth-order valence-electron chi connectivity index (χ4n) is 11.2. The Hall–Kier alpha value is -7.07. The standard InChI is InChI=1S/C91H149N7O30/c1-76(2)84-73-80(74-85(77(3)4)90(84)103)7-6-8-86(99)95-75-79-10-14-82(15-11-79)96-97-83-16-12-81(13-17-83)91(104)94-22-21-92-88(101)20-25-105-27-29-107-31-33-109-35-37-111-39-41-113-43-45-115-47-49-117-51-53-119-55-57-121-59-61-123-63-65-125-67-69-127-71-72-128-70-68-126-66-64-124-62-60-122-58-56-120-54-52-118-50-48-116-46-44-114-42-40-112-38-36-110-34-32-108-30-28-106-26-23-93-87(100)19-24-98-78(5)9-18-89(98)102/h9-18,73-74,76-77,103H,5-8,19-72,75H2,1-4H3,(H,92,101)(H,93,100)(H,94,104)(H,95,99)/b97-96+. The number of benzene rings is 3. The van der Waals surface area contributed by atoms with Crippen molar-refractivity contribution in [1.82, 2.24) is 26.2 Å². The van der Waals surface area contributed by atoms with E-state index < -0.39 is 0 Å². The third-order valence-corrected chi connectivity index (χ3v) is 18.1. The molecule has 128 heavy (non-hydrogen) atoms. The summed E-state index contributed by atoms with van der Waals surface area (Å²) in [5.74, 6) is 0.00686. The van der Waals surface area contributed by atoms with Crippen LogP contribution in [0, 0.1) is 0 Å². The number of aryl methyl sites for hydroxylation is 1. The lowest BCUT2D eigenvalue weighted by molar-refractivity contribution is -0.125. The molecule has 1 aliphatic rings. The van der Waals surface area contributed by atoms with E-state index in [4.69, 9.17) is 114 Å². The van der Waals surface area contributed by atoms with Crippen molar-refractivity contribution in [2.75, 3.05) is 343 Å². The van der Waals surface area contributed by atoms with Crippen molar-refractivity contribution >= 4 is 40.9 Å². The Kier molecular flexibility index (Phi) is 72.4. The maximum Gasteiger partial charge on any atom is 0.251 e. The second-order valence-corrected chi connectivity index (χ2v) is 28.9. The number of amides is 5. The first-order valence-corrected chi connectivity index (χ1v) is 44.9. The van der Waals surface area contributed by atoms with Gasteiger partial charge in [-0.3, -0.25) is 24.0 Å². The van der Waals surface area contributed by atoms with Gasteiger partial charge in [0.1, 0.15) is 5.75 Å². The fraction of sp³-hybridized carbons (Fsp3) is 0.703. The van der Waals surface area contributed by atoms with E-state index in [1.165, 1.54) is 11.0 Å². The van der Waals surface area contributed by atoms with Crippen molar-refractivity contribution < 1.29 is 143 Å². The molecule has 0 aliphatic carbocycles. The molecule has 728 valence electrons. The molecule has 0 saturated carbocycles. The van der Waals surface area contributed by atoms with Crippen LogP contribution in [0.1, 0.15) is 97.8 Å². The number of allylic oxidation sites excluding steroid dienone is 1. The third-order valence-electron chi connectivity index (χ3n) is 18.1. The van der Waals surface area contributed by atoms with Crippen molar-refractivity contribution in [2.45, 2.75) is 78.2 Å². The molecule has 3 aromatic carbocycles. The summed E-state index contributed by atoms with van der Waals surface area (Å²) in [6.07, 6.45) is 5.33. The average molecular weight is 1820 g/mol. The molecule has 3 aromatic rings. The smallest absolute Gasteiger partial charge is 0.251 e. The minimum Gasteiger partial charge on any atom is -0.507 e. The predicted molar refractivity (Wildman–Crippen MR) is 475 cm³/mol. The zero-order chi connectivity index (χ0) is 91.5. The van der Waals surface area contributed by atoms with Crippen LogP contribution >= 0.6 is 0 Å². The fourth-order valence-corrected chi connectivity index (χ4v) is 11.2. The summed E-state index contributed by atoms with van der Waals surface area (Å²) < 4.78 is 133. The van der Waals surface area contributed by atoms with E-state index in [2.05, 4.69) is 77.9 Å². The van der Waals surface area contributed by atoms with Crippen LogP contribution in [0.3, 0.4) is 0 Å². The summed E-state index contributed by atoms with van der Waals surface area (Å²) in [4.78, 5) is 62.7. The van der Waals surface area contributed by atoms with Crippen LogP contribution in [0.5, 0.6) is 5.75 Å². The summed E-state index contributed by atoms with van der Waals surface area (Å²) in [6.45, 7) is 35.0. The van der Waals surface area contributed by atoms with E-state index in [0.717, 1.165) is 28.7 Å². The first kappa shape index (κ1) is 113. The number of aromatic hydroxyl groups is 1. The van der Waals surface area contributed by atoms with Crippen LogP contribution in [0.25, 0.3) is 0 Å². The minimum absolute atomic E-state index is 0.0185. The predicted octanol–water partition coefficient (Wildman–Crippen LogP) is 6.75. The van der Waals surface area contributed by atoms with Crippen LogP contribution in [0.2, 0.25) is 0 Å². The SMILES string of the molecule is C=C1C=CC(=O)N1CCC(=O)NCCOCCOCCOCCOCCOCCOCCOCCOCCOCCOCCOCCOCCOCCOCCOCCOCCOCCOCCOCCOCCOCCOCCOCCOCCC(=O)NCCNC(=O)c1ccc(/N=N/c2ccc(CNC(=O)CCCc3cc(C(C)C)c(O)c(C(C)C)c3)cc2)cc1. The highest BCUT2D eigenvalue weighted by Gasteiger charge is 2.20. The van der Waals surface area contributed by atoms with Gasteiger partial charge in [-0.25, -0.2) is 0 Å². The van der Waals surface area contributed by atoms with Crippen LogP contribution in [-0.4, -0.2) is 383 Å². The first-order chi connectivity index (χ1) is 62.8. The van der Waals surface area contributed by atoms with E-state index in [-0.39, 0.29) is 73.9 Å². The van der Waals surface area contributed by atoms with E-state index in [0.29, 0.717) is 371 Å². The highest BCUT2D eigenvalue weighted by molar-refractivity contribution is 5.94. The van der Waals surface area contributed by atoms with Crippen LogP contribution < -0.4 is 21.3 Å². The first-order valence-electron chi connectivity index (χ1n) is 44.9. The number of carbonyl (C=O) groups is 5. The Balaban J connectivity index is 0.724. The Morgan fingerprint density at radius 2 is 0.602 bits per heavy atom. The number of carbonyl (C=O) groups excluding carboxylic acids is 5. The lowest BCUT2D eigenvalue weighted by Gasteiger charge is -2.17. The molecule has 0 fully saturated rings. The van der Waals surface area contributed by atoms with Crippen LogP contribution in [0.4, 0.5) is 11.4 Å². The number of hydrogen-bond acceptors (Lipinski definition) is 32. The number of ether oxygens (including phenoxy) is 24. The lowest BCUT2D eigenvalue weighted by Crippen LogP contribution is -2.35. The molecule has 37 nitrogen and oxygen atoms in total. The summed E-state index contributed by atoms with van der Waals surface area (Å²) in [5.41, 5.74) is 6.23. The van der Waals surface area contributed by atoms with E-state index >= 15 is 0 Å². The maximum atomic E-state index is 12.7. The Morgan fingerprint density at radius 1 is 0.328 bits per heavy atom. The van der Waals surface area contributed by atoms with E-state index in [1.807, 2.05) is 24.3 Å². The molecule has 0 aromatic heterocycles. The van der Waals surface area contributed by atoms with Crippen LogP contribution in [0.15, 0.2) is 95.3 Å². The maximum absolute atomic E-state index is 12.7. The summed E-state index contributed by atoms with van der Waals surface area (Å²) in [5, 5.41) is 30.7. The molecule has 0 atom stereocenters. The summed E-state index contributed by atoms with van der Waals surface area (Å²) >= 11 is 0. The van der Waals surface area contributed by atoms with Gasteiger partial charge in [-0.15, -0.1) is 0 Å². The highest BCUT2D eigenvalue weighted by atomic mass is 16.6. The van der Waals surface area contributed by atoms with Crippen molar-refractivity contribution in [3.8, 4) is 5.75 Å². The molecule has 37 heteroatoms. The Bertz CT molecular complexity index is 3250. The number of hydrogen-bond donors (Lipinski definition) is 5. The quantitative estimate of drug-likeness (QED) is 0.0288. The molecular weight excluding hydrogens is 1670 g/mol. The molecule has 0 saturated heterocycles. The Labute approximate surface area is 757 Å². The number of azo groups is 1. The van der Waals surface area contributed by atoms with Crippen molar-refractivity contribution in [3.63, 3.8) is 0 Å². The molecule has 5 amide bonds. The van der Waals surface area contributed by atoms with E-state index in [1.54, 1.807) is 30.3 Å². The van der Waals surface area contributed by atoms with Gasteiger partial charge < -0.3 is 145 Å². The molecule has 0 radical (unpaired) electrons. The number of phenols is 1. The number of rotatable bonds is 92. The monoisotopic (exact) mass is 1820 g/mol. The molecule has 4 rings (SSSR count). The van der Waals surface area contributed by atoms with E-state index in [9.17, 15) is 29.1 Å². The molecule has 5 N–H and O–H groups in total. The molecule has 1 heterocycles. The molecule has 0 bridgehead atoms. The van der Waals surface area contributed by atoms with Gasteiger partial charge in [0.25, 0.3) is 11.8 Å². The zero-order valence-electron chi connectivity index (χ0n) is 76.4. The van der Waals surface area contributed by atoms with Crippen LogP contribution in [-0.2, 0) is 146 Å². The van der Waals surface area contributed by atoms with Crippen molar-refractivity contribution in [3.05, 3.63) is 113 Å². The van der Waals surface area contributed by atoms with Gasteiger partial charge in [0.15, 0.2) is 0 Å².